The lowest BCUT2D eigenvalue weighted by atomic mass is 9.89. The molecule has 0 spiro atoms. The average Bonchev–Trinajstić information content (AvgIpc) is 3.14. The largest absolute Gasteiger partial charge is 0.309 e. The van der Waals surface area contributed by atoms with E-state index >= 15 is 0 Å². The molecule has 9 aromatic rings. The minimum absolute atomic E-state index is 0.690. The Morgan fingerprint density at radius 3 is 2.04 bits per heavy atom. The van der Waals surface area contributed by atoms with Crippen LogP contribution < -0.4 is 4.90 Å². The quantitative estimate of drug-likeness (QED) is 0.203. The fourth-order valence-corrected chi connectivity index (χ4v) is 7.23. The van der Waals surface area contributed by atoms with Gasteiger partial charge in [0.25, 0.3) is 0 Å². The number of pyridine rings is 1. The van der Waals surface area contributed by atoms with E-state index in [1.807, 2.05) is 24.4 Å². The highest BCUT2D eigenvalue weighted by Crippen LogP contribution is 2.52. The van der Waals surface area contributed by atoms with Crippen LogP contribution in [0.4, 0.5) is 17.1 Å². The lowest BCUT2D eigenvalue weighted by molar-refractivity contribution is 1.22. The van der Waals surface area contributed by atoms with Gasteiger partial charge in [0.1, 0.15) is 0 Å². The van der Waals surface area contributed by atoms with E-state index in [-0.39, 0.29) is 0 Å². The molecule has 0 radical (unpaired) electrons. The molecule has 0 saturated carbocycles. The van der Waals surface area contributed by atoms with Crippen LogP contribution in [-0.2, 0) is 0 Å². The summed E-state index contributed by atoms with van der Waals surface area (Å²) in [6.07, 6.45) is 1.84. The molecule has 4 heteroatoms. The van der Waals surface area contributed by atoms with E-state index in [1.165, 1.54) is 44.0 Å². The van der Waals surface area contributed by atoms with E-state index in [9.17, 15) is 0 Å². The maximum Gasteiger partial charge on any atom is 0.160 e. The van der Waals surface area contributed by atoms with E-state index in [0.717, 1.165) is 44.3 Å². The molecule has 0 unspecified atom stereocenters. The van der Waals surface area contributed by atoms with Crippen molar-refractivity contribution in [3.8, 4) is 33.8 Å². The van der Waals surface area contributed by atoms with Crippen LogP contribution in [0.2, 0.25) is 0 Å². The Labute approximate surface area is 271 Å². The Morgan fingerprint density at radius 2 is 1.17 bits per heavy atom. The van der Waals surface area contributed by atoms with Gasteiger partial charge in [0, 0.05) is 44.7 Å². The van der Waals surface area contributed by atoms with Crippen LogP contribution >= 0.6 is 0 Å². The second-order valence-corrected chi connectivity index (χ2v) is 12.1. The van der Waals surface area contributed by atoms with Gasteiger partial charge in [0.05, 0.1) is 28.1 Å². The second-order valence-electron chi connectivity index (χ2n) is 12.1. The Balaban J connectivity index is 1.15. The van der Waals surface area contributed by atoms with Gasteiger partial charge in [-0.1, -0.05) is 97.1 Å². The number of para-hydroxylation sites is 2. The van der Waals surface area contributed by atoms with Crippen molar-refractivity contribution in [2.75, 3.05) is 4.90 Å². The van der Waals surface area contributed by atoms with Crippen molar-refractivity contribution < 1.29 is 0 Å². The fourth-order valence-electron chi connectivity index (χ4n) is 7.23. The zero-order valence-corrected chi connectivity index (χ0v) is 25.3. The topological polar surface area (TPSA) is 41.9 Å². The summed E-state index contributed by atoms with van der Waals surface area (Å²) in [6, 6.07) is 53.7. The molecule has 4 nitrogen and oxygen atoms in total. The maximum atomic E-state index is 5.20. The van der Waals surface area contributed by atoms with Gasteiger partial charge in [-0.2, -0.15) is 0 Å². The molecule has 0 N–H and O–H groups in total. The van der Waals surface area contributed by atoms with Crippen molar-refractivity contribution in [2.24, 2.45) is 0 Å². The van der Waals surface area contributed by atoms with Crippen LogP contribution in [0, 0.1) is 0 Å². The first-order chi connectivity index (χ1) is 23.3. The smallest absolute Gasteiger partial charge is 0.160 e. The molecule has 0 atom stereocenters. The van der Waals surface area contributed by atoms with Crippen LogP contribution in [-0.4, -0.2) is 15.0 Å². The molecule has 0 amide bonds. The van der Waals surface area contributed by atoms with Gasteiger partial charge in [-0.3, -0.25) is 4.98 Å². The van der Waals surface area contributed by atoms with Crippen molar-refractivity contribution >= 4 is 60.4 Å². The van der Waals surface area contributed by atoms with E-state index in [1.54, 1.807) is 0 Å². The first kappa shape index (κ1) is 25.9. The molecule has 2 aromatic heterocycles. The minimum Gasteiger partial charge on any atom is -0.309 e. The van der Waals surface area contributed by atoms with Crippen molar-refractivity contribution in [1.82, 2.24) is 15.0 Å². The summed E-state index contributed by atoms with van der Waals surface area (Å²) >= 11 is 0. The molecule has 7 aromatic carbocycles. The Hall–Kier alpha value is -6.39. The normalized spacial score (nSPS) is 12.2. The van der Waals surface area contributed by atoms with Crippen LogP contribution in [0.3, 0.4) is 0 Å². The zero-order chi connectivity index (χ0) is 30.9. The third-order valence-electron chi connectivity index (χ3n) is 9.39. The molecular weight excluding hydrogens is 573 g/mol. The standard InChI is InChI=1S/C43H26N4/c1-2-10-31-26-39-36(25-30(31)9-1)33-16-5-11-27-12-7-19-38(40(27)33)47(39)32-22-20-29(21-23-32)43-45-37-18-4-3-15-34(37)42(46-43)35-17-6-13-28-14-8-24-44-41(28)35/h1-26H. The highest BCUT2D eigenvalue weighted by atomic mass is 15.2. The summed E-state index contributed by atoms with van der Waals surface area (Å²) in [5, 5.41) is 7.07. The van der Waals surface area contributed by atoms with Crippen molar-refractivity contribution in [1.29, 1.82) is 0 Å². The summed E-state index contributed by atoms with van der Waals surface area (Å²) in [5.74, 6) is 0.690. The number of aromatic nitrogens is 3. The van der Waals surface area contributed by atoms with E-state index in [4.69, 9.17) is 15.0 Å². The van der Waals surface area contributed by atoms with Crippen LogP contribution in [0.1, 0.15) is 0 Å². The number of benzene rings is 7. The third-order valence-corrected chi connectivity index (χ3v) is 9.39. The second kappa shape index (κ2) is 10.1. The van der Waals surface area contributed by atoms with Crippen molar-refractivity contribution in [3.05, 3.63) is 158 Å². The third kappa shape index (κ3) is 3.98. The Morgan fingerprint density at radius 1 is 0.468 bits per heavy atom. The Bertz CT molecular complexity index is 2680. The van der Waals surface area contributed by atoms with Gasteiger partial charge >= 0.3 is 0 Å². The summed E-state index contributed by atoms with van der Waals surface area (Å²) in [5.41, 5.74) is 10.7. The number of hydrogen-bond donors (Lipinski definition) is 0. The first-order valence-electron chi connectivity index (χ1n) is 15.9. The van der Waals surface area contributed by atoms with Crippen LogP contribution in [0.25, 0.3) is 77.1 Å². The van der Waals surface area contributed by atoms with Gasteiger partial charge in [0.15, 0.2) is 5.82 Å². The molecule has 0 saturated heterocycles. The summed E-state index contributed by atoms with van der Waals surface area (Å²) in [6.45, 7) is 0. The average molecular weight is 599 g/mol. The summed E-state index contributed by atoms with van der Waals surface area (Å²) < 4.78 is 0. The molecule has 47 heavy (non-hydrogen) atoms. The monoisotopic (exact) mass is 598 g/mol. The molecule has 1 aliphatic heterocycles. The summed E-state index contributed by atoms with van der Waals surface area (Å²) in [7, 11) is 0. The number of rotatable bonds is 3. The fraction of sp³-hybridized carbons (Fsp3) is 0. The molecule has 10 rings (SSSR count). The molecule has 1 aliphatic rings. The highest BCUT2D eigenvalue weighted by molar-refractivity contribution is 6.15. The van der Waals surface area contributed by atoms with Crippen LogP contribution in [0.5, 0.6) is 0 Å². The van der Waals surface area contributed by atoms with Gasteiger partial charge in [-0.15, -0.1) is 0 Å². The molecule has 0 bridgehead atoms. The molecular formula is C43H26N4. The predicted molar refractivity (Wildman–Crippen MR) is 194 cm³/mol. The van der Waals surface area contributed by atoms with Crippen molar-refractivity contribution in [3.63, 3.8) is 0 Å². The lowest BCUT2D eigenvalue weighted by Crippen LogP contribution is -2.15. The molecule has 218 valence electrons. The van der Waals surface area contributed by atoms with Gasteiger partial charge in [0.2, 0.25) is 0 Å². The van der Waals surface area contributed by atoms with Gasteiger partial charge < -0.3 is 4.90 Å². The molecule has 3 heterocycles. The number of fused-ring (bicyclic) bond motifs is 5. The van der Waals surface area contributed by atoms with Crippen molar-refractivity contribution in [2.45, 2.75) is 0 Å². The minimum atomic E-state index is 0.690. The number of nitrogens with zero attached hydrogens (tertiary/aromatic N) is 4. The zero-order valence-electron chi connectivity index (χ0n) is 25.3. The van der Waals surface area contributed by atoms with E-state index < -0.39 is 0 Å². The molecule has 0 fully saturated rings. The number of hydrogen-bond acceptors (Lipinski definition) is 4. The lowest BCUT2D eigenvalue weighted by Gasteiger charge is -2.34. The van der Waals surface area contributed by atoms with E-state index in [0.29, 0.717) is 5.82 Å². The van der Waals surface area contributed by atoms with Gasteiger partial charge in [-0.05, 0) is 76.3 Å². The molecule has 0 aliphatic carbocycles. The summed E-state index contributed by atoms with van der Waals surface area (Å²) in [4.78, 5) is 17.4. The van der Waals surface area contributed by atoms with Gasteiger partial charge in [-0.25, -0.2) is 9.97 Å². The van der Waals surface area contributed by atoms with E-state index in [2.05, 4.69) is 138 Å². The highest BCUT2D eigenvalue weighted by Gasteiger charge is 2.26. The number of anilines is 3. The first-order valence-corrected chi connectivity index (χ1v) is 15.9. The SMILES string of the molecule is c1ccc2cc3c(cc2c1)-c1cccc2cccc(c12)N3c1ccc(-c2nc(-c3cccc4cccnc34)c3ccccc3n2)cc1. The van der Waals surface area contributed by atoms with Crippen LogP contribution in [0.15, 0.2) is 158 Å². The maximum absolute atomic E-state index is 5.20. The Kier molecular flexibility index (Phi) is 5.54. The predicted octanol–water partition coefficient (Wildman–Crippen LogP) is 11.3.